The van der Waals surface area contributed by atoms with Crippen molar-refractivity contribution >= 4 is 29.0 Å². The van der Waals surface area contributed by atoms with Crippen molar-refractivity contribution in [3.8, 4) is 6.07 Å². The third-order valence-corrected chi connectivity index (χ3v) is 4.11. The smallest absolute Gasteiger partial charge is 0.247 e. The van der Waals surface area contributed by atoms with Gasteiger partial charge in [0.25, 0.3) is 0 Å². The van der Waals surface area contributed by atoms with Crippen LogP contribution in [0, 0.1) is 31.1 Å². The van der Waals surface area contributed by atoms with E-state index < -0.39 is 17.6 Å². The third-order valence-electron chi connectivity index (χ3n) is 4.11. The fourth-order valence-corrected chi connectivity index (χ4v) is 2.62. The number of benzene rings is 1. The van der Waals surface area contributed by atoms with Crippen LogP contribution in [0.15, 0.2) is 23.3 Å². The molecule has 0 radical (unpaired) electrons. The number of Topliss-reactive ketones (excluding diaryl/α,β-unsaturated/α-hetero) is 1. The molecule has 2 amide bonds. The highest BCUT2D eigenvalue weighted by atomic mass is 16.2. The number of ketones is 1. The highest BCUT2D eigenvalue weighted by molar-refractivity contribution is 6.45. The molecule has 0 fully saturated rings. The van der Waals surface area contributed by atoms with Crippen LogP contribution in [0.1, 0.15) is 37.3 Å². The average molecular weight is 354 g/mol. The molecule has 0 bridgehead atoms. The highest BCUT2D eigenvalue weighted by Gasteiger charge is 2.34. The molecule has 0 saturated carbocycles. The summed E-state index contributed by atoms with van der Waals surface area (Å²) in [5.41, 5.74) is 2.48. The van der Waals surface area contributed by atoms with E-state index >= 15 is 0 Å². The minimum Gasteiger partial charge on any atom is -0.355 e. The van der Waals surface area contributed by atoms with E-state index in [1.165, 1.54) is 5.01 Å². The Morgan fingerprint density at radius 3 is 2.73 bits per heavy atom. The summed E-state index contributed by atoms with van der Waals surface area (Å²) < 4.78 is 0. The SMILES string of the molecule is CCCNC(=O)C(C#N)C(=O)C1=NN(c2cc(C)ccc2C)C(=O)CC1. The van der Waals surface area contributed by atoms with Crippen molar-refractivity contribution in [2.24, 2.45) is 11.0 Å². The monoisotopic (exact) mass is 354 g/mol. The predicted octanol–water partition coefficient (Wildman–Crippen LogP) is 2.02. The summed E-state index contributed by atoms with van der Waals surface area (Å²) in [5.74, 6) is -2.95. The zero-order chi connectivity index (χ0) is 19.3. The predicted molar refractivity (Wildman–Crippen MR) is 97.5 cm³/mol. The standard InChI is InChI=1S/C19H22N4O3/c1-4-9-21-19(26)14(11-20)18(25)15-7-8-17(24)23(22-15)16-10-12(2)5-6-13(16)3/h5-6,10,14H,4,7-9H2,1-3H3,(H,21,26). The molecule has 1 heterocycles. The number of nitrogens with zero attached hydrogens (tertiary/aromatic N) is 3. The summed E-state index contributed by atoms with van der Waals surface area (Å²) in [5, 5.41) is 17.2. The lowest BCUT2D eigenvalue weighted by Crippen LogP contribution is -2.41. The van der Waals surface area contributed by atoms with Gasteiger partial charge < -0.3 is 5.32 Å². The molecule has 1 atom stereocenters. The van der Waals surface area contributed by atoms with E-state index in [1.54, 1.807) is 6.07 Å². The van der Waals surface area contributed by atoms with Crippen molar-refractivity contribution in [3.05, 3.63) is 29.3 Å². The largest absolute Gasteiger partial charge is 0.355 e. The van der Waals surface area contributed by atoms with E-state index in [1.807, 2.05) is 39.0 Å². The number of rotatable bonds is 6. The zero-order valence-corrected chi connectivity index (χ0v) is 15.2. The van der Waals surface area contributed by atoms with Gasteiger partial charge in [0.2, 0.25) is 17.6 Å². The number of hydrazone groups is 1. The molecular formula is C19H22N4O3. The fourth-order valence-electron chi connectivity index (χ4n) is 2.62. The second-order valence-electron chi connectivity index (χ2n) is 6.26. The van der Waals surface area contributed by atoms with Gasteiger partial charge in [-0.25, -0.2) is 5.01 Å². The van der Waals surface area contributed by atoms with Crippen LogP contribution < -0.4 is 10.3 Å². The molecular weight excluding hydrogens is 332 g/mol. The van der Waals surface area contributed by atoms with E-state index in [0.29, 0.717) is 18.7 Å². The highest BCUT2D eigenvalue weighted by Crippen LogP contribution is 2.26. The summed E-state index contributed by atoms with van der Waals surface area (Å²) in [6, 6.07) is 7.37. The number of anilines is 1. The topological polar surface area (TPSA) is 103 Å². The summed E-state index contributed by atoms with van der Waals surface area (Å²) in [6.45, 7) is 6.02. The second kappa shape index (κ2) is 8.39. The molecule has 7 nitrogen and oxygen atoms in total. The van der Waals surface area contributed by atoms with Crippen molar-refractivity contribution in [1.82, 2.24) is 5.32 Å². The number of aryl methyl sites for hydroxylation is 2. The minimum atomic E-state index is -1.45. The number of nitrogens with one attached hydrogen (secondary N) is 1. The Balaban J connectivity index is 2.32. The van der Waals surface area contributed by atoms with Gasteiger partial charge in [0.15, 0.2) is 5.92 Å². The quantitative estimate of drug-likeness (QED) is 0.789. The maximum absolute atomic E-state index is 12.6. The molecule has 0 saturated heterocycles. The van der Waals surface area contributed by atoms with E-state index in [-0.39, 0.29) is 24.5 Å². The Morgan fingerprint density at radius 1 is 1.35 bits per heavy atom. The van der Waals surface area contributed by atoms with Crippen molar-refractivity contribution in [2.45, 2.75) is 40.0 Å². The van der Waals surface area contributed by atoms with Crippen LogP contribution in [0.25, 0.3) is 0 Å². The van der Waals surface area contributed by atoms with Gasteiger partial charge in [-0.2, -0.15) is 10.4 Å². The number of hydrogen-bond donors (Lipinski definition) is 1. The van der Waals surface area contributed by atoms with Gasteiger partial charge in [0.05, 0.1) is 11.8 Å². The van der Waals surface area contributed by atoms with Crippen LogP contribution in [0.4, 0.5) is 5.69 Å². The van der Waals surface area contributed by atoms with Crippen molar-refractivity contribution in [2.75, 3.05) is 11.6 Å². The summed E-state index contributed by atoms with van der Waals surface area (Å²) in [4.78, 5) is 37.0. The van der Waals surface area contributed by atoms with E-state index in [2.05, 4.69) is 10.4 Å². The molecule has 1 aromatic carbocycles. The van der Waals surface area contributed by atoms with Crippen molar-refractivity contribution in [3.63, 3.8) is 0 Å². The lowest BCUT2D eigenvalue weighted by molar-refractivity contribution is -0.128. The molecule has 1 N–H and O–H groups in total. The van der Waals surface area contributed by atoms with Gasteiger partial charge in [-0.3, -0.25) is 14.4 Å². The van der Waals surface area contributed by atoms with E-state index in [0.717, 1.165) is 11.1 Å². The number of hydrogen-bond acceptors (Lipinski definition) is 5. The lowest BCUT2D eigenvalue weighted by Gasteiger charge is -2.25. The Labute approximate surface area is 152 Å². The maximum Gasteiger partial charge on any atom is 0.247 e. The number of carbonyl (C=O) groups excluding carboxylic acids is 3. The van der Waals surface area contributed by atoms with Crippen molar-refractivity contribution < 1.29 is 14.4 Å². The van der Waals surface area contributed by atoms with Gasteiger partial charge in [0, 0.05) is 19.4 Å². The first-order valence-electron chi connectivity index (χ1n) is 8.58. The molecule has 1 aliphatic heterocycles. The lowest BCUT2D eigenvalue weighted by atomic mass is 9.97. The van der Waals surface area contributed by atoms with Gasteiger partial charge in [0.1, 0.15) is 5.71 Å². The molecule has 26 heavy (non-hydrogen) atoms. The summed E-state index contributed by atoms with van der Waals surface area (Å²) in [6.07, 6.45) is 0.929. The van der Waals surface area contributed by atoms with Crippen molar-refractivity contribution in [1.29, 1.82) is 5.26 Å². The van der Waals surface area contributed by atoms with Crippen LogP contribution in [-0.2, 0) is 14.4 Å². The maximum atomic E-state index is 12.6. The molecule has 0 aliphatic carbocycles. The Kier molecular flexibility index (Phi) is 6.23. The molecule has 1 aliphatic rings. The van der Waals surface area contributed by atoms with Crippen LogP contribution in [0.2, 0.25) is 0 Å². The van der Waals surface area contributed by atoms with Crippen LogP contribution in [0.5, 0.6) is 0 Å². The van der Waals surface area contributed by atoms with Crippen LogP contribution in [-0.4, -0.2) is 29.9 Å². The molecule has 0 aromatic heterocycles. The van der Waals surface area contributed by atoms with Crippen LogP contribution in [0.3, 0.4) is 0 Å². The molecule has 7 heteroatoms. The molecule has 0 spiro atoms. The first-order chi connectivity index (χ1) is 12.4. The third kappa shape index (κ3) is 4.14. The minimum absolute atomic E-state index is 0.0729. The second-order valence-corrected chi connectivity index (χ2v) is 6.26. The first kappa shape index (κ1) is 19.3. The Hall–Kier alpha value is -3.01. The van der Waals surface area contributed by atoms with E-state index in [9.17, 15) is 19.6 Å². The number of amides is 2. The van der Waals surface area contributed by atoms with Crippen LogP contribution >= 0.6 is 0 Å². The van der Waals surface area contributed by atoms with E-state index in [4.69, 9.17) is 0 Å². The summed E-state index contributed by atoms with van der Waals surface area (Å²) in [7, 11) is 0. The Bertz CT molecular complexity index is 807. The van der Waals surface area contributed by atoms with Gasteiger partial charge in [-0.1, -0.05) is 19.1 Å². The first-order valence-corrected chi connectivity index (χ1v) is 8.58. The molecule has 136 valence electrons. The fraction of sp³-hybridized carbons (Fsp3) is 0.421. The summed E-state index contributed by atoms with van der Waals surface area (Å²) >= 11 is 0. The van der Waals surface area contributed by atoms with Gasteiger partial charge >= 0.3 is 0 Å². The Morgan fingerprint density at radius 2 is 2.08 bits per heavy atom. The average Bonchev–Trinajstić information content (AvgIpc) is 2.63. The van der Waals surface area contributed by atoms with Gasteiger partial charge in [-0.05, 0) is 37.5 Å². The van der Waals surface area contributed by atoms with Gasteiger partial charge in [-0.15, -0.1) is 0 Å². The molecule has 1 aromatic rings. The molecule has 2 rings (SSSR count). The number of nitriles is 1. The zero-order valence-electron chi connectivity index (χ0n) is 15.2. The normalized spacial score (nSPS) is 15.1. The molecule has 1 unspecified atom stereocenters. The number of carbonyl (C=O) groups is 3.